The maximum atomic E-state index is 12.5. The third-order valence-corrected chi connectivity index (χ3v) is 3.96. The highest BCUT2D eigenvalue weighted by Gasteiger charge is 2.39. The molecule has 2 aromatic carbocycles. The summed E-state index contributed by atoms with van der Waals surface area (Å²) in [5.74, 6) is -1.78. The Hall–Kier alpha value is -2.86. The Balaban J connectivity index is 1.78. The number of aromatic carboxylic acids is 1. The first kappa shape index (κ1) is 16.0. The van der Waals surface area contributed by atoms with E-state index in [-0.39, 0.29) is 23.8 Å². The zero-order chi connectivity index (χ0) is 17.3. The first-order chi connectivity index (χ1) is 11.5. The molecule has 1 atom stereocenters. The topological polar surface area (TPSA) is 86.7 Å². The fourth-order valence-corrected chi connectivity index (χ4v) is 2.64. The number of amides is 2. The predicted molar refractivity (Wildman–Crippen MR) is 89.4 cm³/mol. The molecule has 24 heavy (non-hydrogen) atoms. The molecule has 1 aliphatic heterocycles. The number of hydrogen-bond donors (Lipinski definition) is 2. The number of halogens is 1. The zero-order valence-electron chi connectivity index (χ0n) is 12.4. The van der Waals surface area contributed by atoms with E-state index in [0.29, 0.717) is 16.4 Å². The van der Waals surface area contributed by atoms with Gasteiger partial charge in [0.2, 0.25) is 5.91 Å². The van der Waals surface area contributed by atoms with Crippen LogP contribution < -0.4 is 10.2 Å². The van der Waals surface area contributed by atoms with Crippen LogP contribution in [0.4, 0.5) is 11.4 Å². The number of carboxylic acids is 1. The van der Waals surface area contributed by atoms with Crippen LogP contribution in [0.3, 0.4) is 0 Å². The van der Waals surface area contributed by atoms with Crippen LogP contribution in [0.5, 0.6) is 0 Å². The molecule has 2 N–H and O–H groups in total. The first-order valence-corrected chi connectivity index (χ1v) is 7.56. The lowest BCUT2D eigenvalue weighted by molar-refractivity contribution is -0.121. The SMILES string of the molecule is O=C(O)c1ccc(N2C(=O)CC(Nc3ccc(Cl)cc3)C2=O)cc1. The van der Waals surface area contributed by atoms with Gasteiger partial charge in [-0.05, 0) is 48.5 Å². The Kier molecular flexibility index (Phi) is 4.22. The number of carboxylic acid groups (broad SMARTS) is 1. The third-order valence-electron chi connectivity index (χ3n) is 3.70. The van der Waals surface area contributed by atoms with E-state index in [1.54, 1.807) is 24.3 Å². The summed E-state index contributed by atoms with van der Waals surface area (Å²) in [6, 6.07) is 11.8. The van der Waals surface area contributed by atoms with Crippen LogP contribution in [0.15, 0.2) is 48.5 Å². The standard InChI is InChI=1S/C17H13ClN2O4/c18-11-3-5-12(6-4-11)19-14-9-15(21)20(16(14)22)13-7-1-10(2-8-13)17(23)24/h1-8,14,19H,9H2,(H,23,24). The summed E-state index contributed by atoms with van der Waals surface area (Å²) in [6.07, 6.45) is 0.0299. The van der Waals surface area contributed by atoms with E-state index in [1.807, 2.05) is 0 Å². The van der Waals surface area contributed by atoms with Gasteiger partial charge in [0.05, 0.1) is 17.7 Å². The van der Waals surface area contributed by atoms with Gasteiger partial charge in [0.25, 0.3) is 5.91 Å². The first-order valence-electron chi connectivity index (χ1n) is 7.18. The molecule has 2 aromatic rings. The summed E-state index contributed by atoms with van der Waals surface area (Å²) in [5.41, 5.74) is 1.14. The third kappa shape index (κ3) is 3.09. The van der Waals surface area contributed by atoms with E-state index in [9.17, 15) is 14.4 Å². The quantitative estimate of drug-likeness (QED) is 0.833. The number of hydrogen-bond acceptors (Lipinski definition) is 4. The Morgan fingerprint density at radius 2 is 1.71 bits per heavy atom. The van der Waals surface area contributed by atoms with Crippen molar-refractivity contribution in [2.24, 2.45) is 0 Å². The maximum Gasteiger partial charge on any atom is 0.335 e. The summed E-state index contributed by atoms with van der Waals surface area (Å²) < 4.78 is 0. The van der Waals surface area contributed by atoms with E-state index < -0.39 is 12.0 Å². The monoisotopic (exact) mass is 344 g/mol. The number of carbonyl (C=O) groups excluding carboxylic acids is 2. The lowest BCUT2D eigenvalue weighted by Gasteiger charge is -2.16. The number of benzene rings is 2. The minimum atomic E-state index is -1.07. The highest BCUT2D eigenvalue weighted by molar-refractivity contribution is 6.30. The highest BCUT2D eigenvalue weighted by Crippen LogP contribution is 2.25. The van der Waals surface area contributed by atoms with Crippen molar-refractivity contribution < 1.29 is 19.5 Å². The fourth-order valence-electron chi connectivity index (χ4n) is 2.52. The van der Waals surface area contributed by atoms with E-state index in [1.165, 1.54) is 24.3 Å². The lowest BCUT2D eigenvalue weighted by atomic mass is 10.2. The molecule has 1 heterocycles. The Morgan fingerprint density at radius 3 is 2.29 bits per heavy atom. The lowest BCUT2D eigenvalue weighted by Crippen LogP contribution is -2.34. The summed E-state index contributed by atoms with van der Waals surface area (Å²) >= 11 is 5.82. The number of carbonyl (C=O) groups is 3. The smallest absolute Gasteiger partial charge is 0.335 e. The fraction of sp³-hybridized carbons (Fsp3) is 0.118. The average Bonchev–Trinajstić information content (AvgIpc) is 2.83. The van der Waals surface area contributed by atoms with Gasteiger partial charge in [-0.3, -0.25) is 9.59 Å². The Morgan fingerprint density at radius 1 is 1.08 bits per heavy atom. The van der Waals surface area contributed by atoms with Gasteiger partial charge in [-0.25, -0.2) is 9.69 Å². The molecule has 0 bridgehead atoms. The van der Waals surface area contributed by atoms with Crippen molar-refractivity contribution in [1.82, 2.24) is 0 Å². The summed E-state index contributed by atoms with van der Waals surface area (Å²) in [5, 5.41) is 12.5. The van der Waals surface area contributed by atoms with Crippen LogP contribution in [-0.4, -0.2) is 28.9 Å². The van der Waals surface area contributed by atoms with Crippen molar-refractivity contribution in [3.05, 3.63) is 59.1 Å². The number of nitrogens with one attached hydrogen (secondary N) is 1. The predicted octanol–water partition coefficient (Wildman–Crippen LogP) is 2.78. The number of nitrogens with zero attached hydrogens (tertiary/aromatic N) is 1. The van der Waals surface area contributed by atoms with E-state index in [0.717, 1.165) is 4.90 Å². The van der Waals surface area contributed by atoms with Crippen molar-refractivity contribution in [1.29, 1.82) is 0 Å². The molecule has 0 aromatic heterocycles. The molecular formula is C17H13ClN2O4. The van der Waals surface area contributed by atoms with Gasteiger partial charge in [0.15, 0.2) is 0 Å². The molecular weight excluding hydrogens is 332 g/mol. The summed E-state index contributed by atoms with van der Waals surface area (Å²) in [4.78, 5) is 36.6. The van der Waals surface area contributed by atoms with Gasteiger partial charge >= 0.3 is 5.97 Å². The molecule has 0 spiro atoms. The van der Waals surface area contributed by atoms with Crippen molar-refractivity contribution >= 4 is 40.8 Å². The number of anilines is 2. The number of imide groups is 1. The van der Waals surface area contributed by atoms with Gasteiger partial charge in [-0.15, -0.1) is 0 Å². The van der Waals surface area contributed by atoms with Gasteiger partial charge in [-0.1, -0.05) is 11.6 Å². The normalized spacial score (nSPS) is 17.2. The molecule has 3 rings (SSSR count). The zero-order valence-corrected chi connectivity index (χ0v) is 13.2. The highest BCUT2D eigenvalue weighted by atomic mass is 35.5. The van der Waals surface area contributed by atoms with E-state index in [4.69, 9.17) is 16.7 Å². The average molecular weight is 345 g/mol. The molecule has 1 unspecified atom stereocenters. The minimum Gasteiger partial charge on any atom is -0.478 e. The Labute approximate surface area is 142 Å². The summed E-state index contributed by atoms with van der Waals surface area (Å²) in [6.45, 7) is 0. The van der Waals surface area contributed by atoms with Crippen LogP contribution in [-0.2, 0) is 9.59 Å². The largest absolute Gasteiger partial charge is 0.478 e. The minimum absolute atomic E-state index is 0.0299. The van der Waals surface area contributed by atoms with Gasteiger partial charge in [0, 0.05) is 10.7 Å². The van der Waals surface area contributed by atoms with Crippen LogP contribution >= 0.6 is 11.6 Å². The molecule has 2 amide bonds. The molecule has 1 aliphatic rings. The second-order valence-electron chi connectivity index (χ2n) is 5.33. The van der Waals surface area contributed by atoms with Crippen molar-refractivity contribution in [3.63, 3.8) is 0 Å². The van der Waals surface area contributed by atoms with Crippen molar-refractivity contribution in [2.75, 3.05) is 10.2 Å². The second-order valence-corrected chi connectivity index (χ2v) is 5.76. The van der Waals surface area contributed by atoms with Crippen LogP contribution in [0, 0.1) is 0 Å². The number of rotatable bonds is 4. The molecule has 7 heteroatoms. The van der Waals surface area contributed by atoms with Crippen LogP contribution in [0.1, 0.15) is 16.8 Å². The van der Waals surface area contributed by atoms with Crippen LogP contribution in [0.2, 0.25) is 5.02 Å². The molecule has 0 saturated carbocycles. The van der Waals surface area contributed by atoms with E-state index in [2.05, 4.69) is 5.32 Å². The van der Waals surface area contributed by atoms with Crippen molar-refractivity contribution in [2.45, 2.75) is 12.5 Å². The molecule has 0 aliphatic carbocycles. The molecule has 122 valence electrons. The van der Waals surface area contributed by atoms with E-state index >= 15 is 0 Å². The van der Waals surface area contributed by atoms with Gasteiger partial charge in [-0.2, -0.15) is 0 Å². The molecule has 0 radical (unpaired) electrons. The summed E-state index contributed by atoms with van der Waals surface area (Å²) in [7, 11) is 0. The van der Waals surface area contributed by atoms with Gasteiger partial charge in [0.1, 0.15) is 6.04 Å². The second kappa shape index (κ2) is 6.33. The molecule has 1 saturated heterocycles. The van der Waals surface area contributed by atoms with Gasteiger partial charge < -0.3 is 10.4 Å². The molecule has 6 nitrogen and oxygen atoms in total. The maximum absolute atomic E-state index is 12.5. The van der Waals surface area contributed by atoms with Crippen molar-refractivity contribution in [3.8, 4) is 0 Å². The Bertz CT molecular complexity index is 802. The van der Waals surface area contributed by atoms with Crippen LogP contribution in [0.25, 0.3) is 0 Å². The molecule has 1 fully saturated rings.